The average molecular weight is 547 g/mol. The van der Waals surface area contributed by atoms with Crippen molar-refractivity contribution in [3.05, 3.63) is 100 Å². The summed E-state index contributed by atoms with van der Waals surface area (Å²) in [6, 6.07) is 18.0. The number of hydrogen-bond acceptors (Lipinski definition) is 8. The third-order valence-electron chi connectivity index (χ3n) is 5.74. The fourth-order valence-electron chi connectivity index (χ4n) is 3.60. The molecule has 1 aliphatic rings. The molecule has 4 rings (SSSR count). The SMILES string of the molecule is CCCCOC(=O)c1ccc(N2C(=O)C(Cl)=C(Nc3ccc(C(=O)Oc4ccc(C=O)cc4)cc3)C2=O)cc1. The molecule has 0 unspecified atom stereocenters. The molecule has 0 saturated heterocycles. The molecule has 2 amide bonds. The van der Waals surface area contributed by atoms with Gasteiger partial charge in [-0.25, -0.2) is 14.5 Å². The first-order valence-corrected chi connectivity index (χ1v) is 12.4. The normalized spacial score (nSPS) is 12.9. The Labute approximate surface area is 229 Å². The van der Waals surface area contributed by atoms with E-state index in [-0.39, 0.29) is 27.7 Å². The van der Waals surface area contributed by atoms with Gasteiger partial charge < -0.3 is 14.8 Å². The zero-order valence-corrected chi connectivity index (χ0v) is 21.6. The zero-order valence-electron chi connectivity index (χ0n) is 20.8. The van der Waals surface area contributed by atoms with Crippen molar-refractivity contribution < 1.29 is 33.4 Å². The summed E-state index contributed by atoms with van der Waals surface area (Å²) in [6.07, 6.45) is 2.33. The van der Waals surface area contributed by atoms with Gasteiger partial charge in [-0.15, -0.1) is 0 Å². The van der Waals surface area contributed by atoms with Crippen LogP contribution in [0, 0.1) is 0 Å². The molecule has 0 aliphatic carbocycles. The first kappa shape index (κ1) is 27.3. The number of imide groups is 1. The topological polar surface area (TPSA) is 119 Å². The van der Waals surface area contributed by atoms with Gasteiger partial charge in [0.05, 0.1) is 23.4 Å². The molecule has 0 saturated carbocycles. The van der Waals surface area contributed by atoms with E-state index in [9.17, 15) is 24.0 Å². The van der Waals surface area contributed by atoms with Crippen molar-refractivity contribution in [1.29, 1.82) is 0 Å². The van der Waals surface area contributed by atoms with Crippen molar-refractivity contribution in [3.8, 4) is 5.75 Å². The lowest BCUT2D eigenvalue weighted by molar-refractivity contribution is -0.120. The number of hydrogen-bond donors (Lipinski definition) is 1. The Morgan fingerprint density at radius 2 is 1.49 bits per heavy atom. The molecule has 0 spiro atoms. The Balaban J connectivity index is 1.41. The van der Waals surface area contributed by atoms with E-state index in [1.807, 2.05) is 6.92 Å². The molecule has 0 fully saturated rings. The molecule has 10 heteroatoms. The van der Waals surface area contributed by atoms with Gasteiger partial charge in [0.2, 0.25) is 0 Å². The van der Waals surface area contributed by atoms with Crippen LogP contribution in [-0.4, -0.2) is 36.6 Å². The number of amides is 2. The molecule has 0 bridgehead atoms. The van der Waals surface area contributed by atoms with E-state index in [4.69, 9.17) is 21.1 Å². The number of halogens is 1. The van der Waals surface area contributed by atoms with Gasteiger partial charge in [-0.1, -0.05) is 24.9 Å². The number of benzene rings is 3. The van der Waals surface area contributed by atoms with Gasteiger partial charge in [-0.2, -0.15) is 0 Å². The van der Waals surface area contributed by atoms with Crippen molar-refractivity contribution in [2.24, 2.45) is 0 Å². The summed E-state index contributed by atoms with van der Waals surface area (Å²) < 4.78 is 10.5. The molecule has 3 aromatic rings. The minimum Gasteiger partial charge on any atom is -0.462 e. The molecular weight excluding hydrogens is 524 g/mol. The largest absolute Gasteiger partial charge is 0.462 e. The summed E-state index contributed by atoms with van der Waals surface area (Å²) in [5, 5.41) is 2.53. The first-order chi connectivity index (χ1) is 18.8. The second kappa shape index (κ2) is 12.2. The predicted molar refractivity (Wildman–Crippen MR) is 144 cm³/mol. The molecule has 0 atom stereocenters. The van der Waals surface area contributed by atoms with E-state index < -0.39 is 23.8 Å². The van der Waals surface area contributed by atoms with E-state index in [0.29, 0.717) is 29.7 Å². The highest BCUT2D eigenvalue weighted by atomic mass is 35.5. The Morgan fingerprint density at radius 3 is 2.10 bits per heavy atom. The van der Waals surface area contributed by atoms with E-state index in [1.165, 1.54) is 72.8 Å². The first-order valence-electron chi connectivity index (χ1n) is 12.0. The number of ether oxygens (including phenoxy) is 2. The summed E-state index contributed by atoms with van der Waals surface area (Å²) in [5.74, 6) is -2.22. The maximum Gasteiger partial charge on any atom is 0.343 e. The second-order valence-electron chi connectivity index (χ2n) is 8.45. The number of unbranched alkanes of at least 4 members (excludes halogenated alkanes) is 1. The van der Waals surface area contributed by atoms with Gasteiger partial charge in [-0.3, -0.25) is 14.4 Å². The molecule has 0 aromatic heterocycles. The van der Waals surface area contributed by atoms with E-state index >= 15 is 0 Å². The number of esters is 2. The number of carbonyl (C=O) groups is 5. The van der Waals surface area contributed by atoms with Gasteiger partial charge >= 0.3 is 11.9 Å². The summed E-state index contributed by atoms with van der Waals surface area (Å²) in [4.78, 5) is 62.0. The summed E-state index contributed by atoms with van der Waals surface area (Å²) in [5.41, 5.74) is 1.51. The molecule has 0 radical (unpaired) electrons. The number of carbonyl (C=O) groups excluding carboxylic acids is 5. The minimum atomic E-state index is -0.719. The standard InChI is InChI=1S/C29H23ClN2O7/c1-2-3-16-38-28(36)19-8-12-22(13-9-19)32-26(34)24(30)25(27(32)35)31-21-10-6-20(7-11-21)29(37)39-23-14-4-18(17-33)5-15-23/h4-15,17,31H,2-3,16H2,1H3. The fraction of sp³-hybridized carbons (Fsp3) is 0.138. The molecule has 1 heterocycles. The van der Waals surface area contributed by atoms with E-state index in [2.05, 4.69) is 5.32 Å². The summed E-state index contributed by atoms with van der Waals surface area (Å²) >= 11 is 6.20. The summed E-state index contributed by atoms with van der Waals surface area (Å²) in [6.45, 7) is 2.30. The van der Waals surface area contributed by atoms with E-state index in [0.717, 1.165) is 17.7 Å². The van der Waals surface area contributed by atoms with Crippen LogP contribution in [0.1, 0.15) is 50.8 Å². The molecule has 198 valence electrons. The van der Waals surface area contributed by atoms with Crippen molar-refractivity contribution in [3.63, 3.8) is 0 Å². The predicted octanol–water partition coefficient (Wildman–Crippen LogP) is 5.11. The lowest BCUT2D eigenvalue weighted by Gasteiger charge is -2.15. The number of nitrogens with zero attached hydrogens (tertiary/aromatic N) is 1. The quantitative estimate of drug-likeness (QED) is 0.122. The van der Waals surface area contributed by atoms with Crippen LogP contribution in [0.5, 0.6) is 5.75 Å². The molecule has 9 nitrogen and oxygen atoms in total. The lowest BCUT2D eigenvalue weighted by Crippen LogP contribution is -2.32. The highest BCUT2D eigenvalue weighted by Crippen LogP contribution is 2.30. The maximum atomic E-state index is 13.1. The summed E-state index contributed by atoms with van der Waals surface area (Å²) in [7, 11) is 0. The molecular formula is C29H23ClN2O7. The number of anilines is 2. The Kier molecular flexibility index (Phi) is 8.53. The van der Waals surface area contributed by atoms with Crippen LogP contribution in [0.15, 0.2) is 83.5 Å². The maximum absolute atomic E-state index is 13.1. The van der Waals surface area contributed by atoms with Crippen molar-refractivity contribution in [2.75, 3.05) is 16.8 Å². The fourth-order valence-corrected chi connectivity index (χ4v) is 3.81. The van der Waals surface area contributed by atoms with Gasteiger partial charge in [0.1, 0.15) is 22.8 Å². The smallest absolute Gasteiger partial charge is 0.343 e. The Hall–Kier alpha value is -4.76. The van der Waals surface area contributed by atoms with Crippen LogP contribution in [0.3, 0.4) is 0 Å². The van der Waals surface area contributed by atoms with Crippen molar-refractivity contribution in [2.45, 2.75) is 19.8 Å². The Bertz CT molecular complexity index is 1450. The molecule has 39 heavy (non-hydrogen) atoms. The number of rotatable bonds is 10. The Morgan fingerprint density at radius 1 is 0.872 bits per heavy atom. The number of nitrogens with one attached hydrogen (secondary N) is 1. The zero-order chi connectivity index (χ0) is 27.9. The third kappa shape index (κ3) is 6.22. The lowest BCUT2D eigenvalue weighted by atomic mass is 10.2. The highest BCUT2D eigenvalue weighted by molar-refractivity contribution is 6.53. The monoisotopic (exact) mass is 546 g/mol. The van der Waals surface area contributed by atoms with Crippen LogP contribution in [0.25, 0.3) is 0 Å². The van der Waals surface area contributed by atoms with Crippen LogP contribution < -0.4 is 15.0 Å². The van der Waals surface area contributed by atoms with Crippen LogP contribution in [0.4, 0.5) is 11.4 Å². The van der Waals surface area contributed by atoms with Crippen LogP contribution >= 0.6 is 11.6 Å². The molecule has 1 aliphatic heterocycles. The van der Waals surface area contributed by atoms with Gasteiger partial charge in [-0.05, 0) is 79.2 Å². The number of aldehydes is 1. The average Bonchev–Trinajstić information content (AvgIpc) is 3.16. The van der Waals surface area contributed by atoms with Crippen molar-refractivity contribution >= 4 is 53.0 Å². The third-order valence-corrected chi connectivity index (χ3v) is 6.09. The highest BCUT2D eigenvalue weighted by Gasteiger charge is 2.39. The van der Waals surface area contributed by atoms with Gasteiger partial charge in [0, 0.05) is 11.3 Å². The van der Waals surface area contributed by atoms with Gasteiger partial charge in [0.15, 0.2) is 0 Å². The van der Waals surface area contributed by atoms with Gasteiger partial charge in [0.25, 0.3) is 11.8 Å². The second-order valence-corrected chi connectivity index (χ2v) is 8.83. The van der Waals surface area contributed by atoms with Crippen LogP contribution in [0.2, 0.25) is 0 Å². The molecule has 3 aromatic carbocycles. The minimum absolute atomic E-state index is 0.129. The van der Waals surface area contributed by atoms with Crippen LogP contribution in [-0.2, 0) is 14.3 Å². The van der Waals surface area contributed by atoms with Crippen molar-refractivity contribution in [1.82, 2.24) is 0 Å². The van der Waals surface area contributed by atoms with E-state index in [1.54, 1.807) is 0 Å². The molecule has 1 N–H and O–H groups in total.